The normalized spacial score (nSPS) is 12.6. The molecule has 0 atom stereocenters. The first-order valence-corrected chi connectivity index (χ1v) is 11.5. The summed E-state index contributed by atoms with van der Waals surface area (Å²) < 4.78 is 47.2. The predicted octanol–water partition coefficient (Wildman–Crippen LogP) is 2.11. The Hall–Kier alpha value is -2.99. The monoisotopic (exact) mass is 513 g/mol. The van der Waals surface area contributed by atoms with Crippen molar-refractivity contribution in [2.45, 2.75) is 0 Å². The fourth-order valence-corrected chi connectivity index (χ4v) is 4.03. The molecule has 1 aliphatic heterocycles. The minimum atomic E-state index is -3.79. The summed E-state index contributed by atoms with van der Waals surface area (Å²) >= 11 is 3.39. The van der Waals surface area contributed by atoms with Gasteiger partial charge in [-0.1, -0.05) is 0 Å². The lowest BCUT2D eigenvalue weighted by molar-refractivity contribution is -0.119. The third kappa shape index (κ3) is 5.39. The van der Waals surface area contributed by atoms with Gasteiger partial charge in [0, 0.05) is 16.1 Å². The summed E-state index contributed by atoms with van der Waals surface area (Å²) in [5.41, 5.74) is 3.16. The first-order chi connectivity index (χ1) is 14.7. The average Bonchev–Trinajstić information content (AvgIpc) is 3.18. The third-order valence-corrected chi connectivity index (χ3v) is 6.04. The maximum Gasteiger partial charge on any atom is 0.260 e. The number of sulfonamides is 1. The summed E-state index contributed by atoms with van der Waals surface area (Å²) in [7, 11) is -0.920. The molecule has 12 heteroatoms. The number of fused-ring (bicyclic) bond motifs is 1. The van der Waals surface area contributed by atoms with Gasteiger partial charge in [-0.15, -0.1) is 0 Å². The van der Waals surface area contributed by atoms with Crippen LogP contribution in [0.15, 0.2) is 39.9 Å². The lowest BCUT2D eigenvalue weighted by Crippen LogP contribution is -2.39. The molecule has 0 unspecified atom stereocenters. The minimum Gasteiger partial charge on any atom is -0.497 e. The Labute approximate surface area is 187 Å². The molecule has 2 aromatic rings. The highest BCUT2D eigenvalue weighted by Crippen LogP contribution is 2.36. The number of carbonyl (C=O) groups is 1. The molecule has 0 bridgehead atoms. The van der Waals surface area contributed by atoms with Crippen LogP contribution < -0.4 is 28.7 Å². The van der Waals surface area contributed by atoms with E-state index in [0.717, 1.165) is 10.6 Å². The summed E-state index contributed by atoms with van der Waals surface area (Å²) in [6.07, 6.45) is 2.40. The van der Waals surface area contributed by atoms with Crippen LogP contribution >= 0.6 is 15.9 Å². The van der Waals surface area contributed by atoms with Crippen molar-refractivity contribution < 1.29 is 32.2 Å². The SMILES string of the molecule is COc1ccc(N(CC(=O)NN=Cc2cc3c(cc2Br)OCO3)S(C)(=O)=O)c(OC)c1. The number of benzene rings is 2. The molecule has 2 aromatic carbocycles. The lowest BCUT2D eigenvalue weighted by atomic mass is 10.2. The Balaban J connectivity index is 1.75. The van der Waals surface area contributed by atoms with Crippen molar-refractivity contribution in [2.24, 2.45) is 5.10 Å². The van der Waals surface area contributed by atoms with Crippen molar-refractivity contribution >= 4 is 43.8 Å². The van der Waals surface area contributed by atoms with Gasteiger partial charge in [-0.3, -0.25) is 9.10 Å². The summed E-state index contributed by atoms with van der Waals surface area (Å²) in [5.74, 6) is 1.25. The average molecular weight is 514 g/mol. The van der Waals surface area contributed by atoms with E-state index < -0.39 is 22.5 Å². The van der Waals surface area contributed by atoms with Crippen LogP contribution in [0.3, 0.4) is 0 Å². The topological polar surface area (TPSA) is 116 Å². The Morgan fingerprint density at radius 1 is 1.23 bits per heavy atom. The zero-order chi connectivity index (χ0) is 22.6. The highest BCUT2D eigenvalue weighted by atomic mass is 79.9. The Bertz CT molecular complexity index is 1120. The number of ether oxygens (including phenoxy) is 4. The van der Waals surface area contributed by atoms with Crippen LogP contribution in [-0.2, 0) is 14.8 Å². The van der Waals surface area contributed by atoms with Gasteiger partial charge in [0.25, 0.3) is 5.91 Å². The van der Waals surface area contributed by atoms with E-state index in [9.17, 15) is 13.2 Å². The zero-order valence-corrected chi connectivity index (χ0v) is 19.3. The summed E-state index contributed by atoms with van der Waals surface area (Å²) in [6, 6.07) is 8.03. The highest BCUT2D eigenvalue weighted by molar-refractivity contribution is 9.10. The fraction of sp³-hybridized carbons (Fsp3) is 0.263. The van der Waals surface area contributed by atoms with Gasteiger partial charge in [0.15, 0.2) is 11.5 Å². The molecule has 1 aliphatic rings. The van der Waals surface area contributed by atoms with Gasteiger partial charge in [0.1, 0.15) is 18.0 Å². The Morgan fingerprint density at radius 2 is 1.94 bits per heavy atom. The van der Waals surface area contributed by atoms with Crippen LogP contribution in [0.4, 0.5) is 5.69 Å². The molecule has 166 valence electrons. The minimum absolute atomic E-state index is 0.134. The number of anilines is 1. The van der Waals surface area contributed by atoms with Crippen molar-refractivity contribution in [3.05, 3.63) is 40.4 Å². The maximum absolute atomic E-state index is 12.4. The third-order valence-electron chi connectivity index (χ3n) is 4.23. The molecule has 0 radical (unpaired) electrons. The van der Waals surface area contributed by atoms with E-state index in [1.165, 1.54) is 32.6 Å². The molecular formula is C19H20BrN3O7S. The summed E-state index contributed by atoms with van der Waals surface area (Å²) in [5, 5.41) is 3.90. The number of nitrogens with zero attached hydrogens (tertiary/aromatic N) is 2. The van der Waals surface area contributed by atoms with Gasteiger partial charge in [0.2, 0.25) is 16.8 Å². The van der Waals surface area contributed by atoms with Crippen molar-refractivity contribution in [3.8, 4) is 23.0 Å². The van der Waals surface area contributed by atoms with E-state index in [1.807, 2.05) is 0 Å². The standard InChI is InChI=1S/C19H20BrN3O7S/c1-27-13-4-5-15(16(7-13)28-2)23(31(3,25)26)10-19(24)22-21-9-12-6-17-18(8-14(12)20)30-11-29-17/h4-9H,10-11H2,1-3H3,(H,22,24). The molecule has 31 heavy (non-hydrogen) atoms. The molecule has 1 N–H and O–H groups in total. The lowest BCUT2D eigenvalue weighted by Gasteiger charge is -2.23. The van der Waals surface area contributed by atoms with Crippen LogP contribution in [0.2, 0.25) is 0 Å². The number of hydrogen-bond acceptors (Lipinski definition) is 8. The number of nitrogens with one attached hydrogen (secondary N) is 1. The molecule has 0 fully saturated rings. The summed E-state index contributed by atoms with van der Waals surface area (Å²) in [6.45, 7) is -0.365. The quantitative estimate of drug-likeness (QED) is 0.424. The van der Waals surface area contributed by atoms with E-state index in [2.05, 4.69) is 26.5 Å². The summed E-state index contributed by atoms with van der Waals surface area (Å²) in [4.78, 5) is 12.4. The van der Waals surface area contributed by atoms with E-state index in [1.54, 1.807) is 18.2 Å². The van der Waals surface area contributed by atoms with Gasteiger partial charge in [-0.05, 0) is 40.2 Å². The first kappa shape index (κ1) is 22.7. The fourth-order valence-electron chi connectivity index (χ4n) is 2.74. The molecule has 0 aromatic heterocycles. The van der Waals surface area contributed by atoms with Crippen LogP contribution in [0, 0.1) is 0 Å². The molecule has 10 nitrogen and oxygen atoms in total. The molecule has 0 saturated heterocycles. The second-order valence-electron chi connectivity index (χ2n) is 6.33. The first-order valence-electron chi connectivity index (χ1n) is 8.83. The zero-order valence-electron chi connectivity index (χ0n) is 16.9. The number of carbonyl (C=O) groups excluding carboxylic acids is 1. The second-order valence-corrected chi connectivity index (χ2v) is 9.09. The molecule has 1 amide bonds. The van der Waals surface area contributed by atoms with Crippen LogP contribution in [-0.4, -0.2) is 54.4 Å². The maximum atomic E-state index is 12.4. The van der Waals surface area contributed by atoms with Crippen LogP contribution in [0.1, 0.15) is 5.56 Å². The van der Waals surface area contributed by atoms with E-state index in [-0.39, 0.29) is 18.2 Å². The molecule has 1 heterocycles. The second kappa shape index (κ2) is 9.43. The number of halogens is 1. The molecule has 3 rings (SSSR count). The van der Waals surface area contributed by atoms with E-state index in [4.69, 9.17) is 18.9 Å². The molecule has 0 saturated carbocycles. The predicted molar refractivity (Wildman–Crippen MR) is 118 cm³/mol. The Morgan fingerprint density at radius 3 is 2.58 bits per heavy atom. The number of amides is 1. The van der Waals surface area contributed by atoms with Crippen molar-refractivity contribution in [1.29, 1.82) is 0 Å². The number of hydrogen-bond donors (Lipinski definition) is 1. The van der Waals surface area contributed by atoms with Gasteiger partial charge in [-0.25, -0.2) is 13.8 Å². The van der Waals surface area contributed by atoms with Gasteiger partial charge >= 0.3 is 0 Å². The van der Waals surface area contributed by atoms with Crippen LogP contribution in [0.5, 0.6) is 23.0 Å². The van der Waals surface area contributed by atoms with E-state index in [0.29, 0.717) is 27.3 Å². The number of methoxy groups -OCH3 is 2. The van der Waals surface area contributed by atoms with Crippen molar-refractivity contribution in [3.63, 3.8) is 0 Å². The Kier molecular flexibility index (Phi) is 6.91. The molecular weight excluding hydrogens is 494 g/mol. The highest BCUT2D eigenvalue weighted by Gasteiger charge is 2.24. The number of hydrazone groups is 1. The van der Waals surface area contributed by atoms with E-state index >= 15 is 0 Å². The molecule has 0 aliphatic carbocycles. The largest absolute Gasteiger partial charge is 0.497 e. The smallest absolute Gasteiger partial charge is 0.260 e. The number of rotatable bonds is 8. The van der Waals surface area contributed by atoms with Gasteiger partial charge in [0.05, 0.1) is 32.4 Å². The van der Waals surface area contributed by atoms with Crippen molar-refractivity contribution in [2.75, 3.05) is 38.1 Å². The van der Waals surface area contributed by atoms with Gasteiger partial charge in [-0.2, -0.15) is 5.10 Å². The van der Waals surface area contributed by atoms with Crippen LogP contribution in [0.25, 0.3) is 0 Å². The van der Waals surface area contributed by atoms with Crippen molar-refractivity contribution in [1.82, 2.24) is 5.43 Å². The molecule has 0 spiro atoms. The van der Waals surface area contributed by atoms with Gasteiger partial charge < -0.3 is 18.9 Å².